The Balaban J connectivity index is 0.00000338. The van der Waals surface area contributed by atoms with Crippen LogP contribution in [-0.4, -0.2) is 62.4 Å². The van der Waals surface area contributed by atoms with Crippen molar-refractivity contribution < 1.29 is 9.59 Å². The Labute approximate surface area is 174 Å². The fourth-order valence-corrected chi connectivity index (χ4v) is 3.58. The van der Waals surface area contributed by atoms with E-state index < -0.39 is 0 Å². The maximum Gasteiger partial charge on any atom is 0.243 e. The molecule has 0 aromatic carbocycles. The average molecular weight is 479 g/mol. The zero-order valence-corrected chi connectivity index (χ0v) is 18.5. The lowest BCUT2D eigenvalue weighted by atomic mass is 9.85. The Morgan fingerprint density at radius 2 is 1.50 bits per heavy atom. The van der Waals surface area contributed by atoms with E-state index in [-0.39, 0.29) is 48.3 Å². The van der Waals surface area contributed by atoms with Crippen molar-refractivity contribution in [3.63, 3.8) is 0 Å². The van der Waals surface area contributed by atoms with Crippen LogP contribution in [-0.2, 0) is 9.59 Å². The van der Waals surface area contributed by atoms with Crippen LogP contribution in [0.15, 0.2) is 4.99 Å². The molecule has 2 rings (SSSR count). The van der Waals surface area contributed by atoms with Crippen LogP contribution < -0.4 is 16.0 Å². The first-order valence-corrected chi connectivity index (χ1v) is 9.49. The molecule has 2 amide bonds. The number of hydrogen-bond donors (Lipinski definition) is 3. The van der Waals surface area contributed by atoms with Gasteiger partial charge >= 0.3 is 0 Å². The van der Waals surface area contributed by atoms with Gasteiger partial charge in [0, 0.05) is 39.1 Å². The lowest BCUT2D eigenvalue weighted by molar-refractivity contribution is -0.127. The molecule has 3 N–H and O–H groups in total. The molecule has 7 nitrogen and oxygen atoms in total. The van der Waals surface area contributed by atoms with E-state index in [0.717, 1.165) is 44.5 Å². The van der Waals surface area contributed by atoms with E-state index in [0.29, 0.717) is 12.1 Å². The minimum atomic E-state index is -0.00385. The number of guanidine groups is 1. The number of carbonyl (C=O) groups is 2. The summed E-state index contributed by atoms with van der Waals surface area (Å²) in [6, 6.07) is 0.755. The summed E-state index contributed by atoms with van der Waals surface area (Å²) in [5.74, 6) is 1.01. The molecule has 0 bridgehead atoms. The van der Waals surface area contributed by atoms with E-state index >= 15 is 0 Å². The van der Waals surface area contributed by atoms with Crippen molar-refractivity contribution in [2.45, 2.75) is 63.5 Å². The number of nitrogens with one attached hydrogen (secondary N) is 3. The summed E-state index contributed by atoms with van der Waals surface area (Å²) in [5, 5.41) is 9.73. The molecule has 8 heteroatoms. The molecule has 0 heterocycles. The van der Waals surface area contributed by atoms with E-state index in [2.05, 4.69) is 20.9 Å². The number of rotatable bonds is 5. The van der Waals surface area contributed by atoms with Gasteiger partial charge in [-0.05, 0) is 38.5 Å². The van der Waals surface area contributed by atoms with Crippen LogP contribution in [0.5, 0.6) is 0 Å². The van der Waals surface area contributed by atoms with Crippen LogP contribution in [0, 0.1) is 5.92 Å². The predicted molar refractivity (Wildman–Crippen MR) is 115 cm³/mol. The van der Waals surface area contributed by atoms with Crippen molar-refractivity contribution in [1.29, 1.82) is 0 Å². The first-order valence-electron chi connectivity index (χ1n) is 9.49. The number of halogens is 1. The highest BCUT2D eigenvalue weighted by Crippen LogP contribution is 2.24. The van der Waals surface area contributed by atoms with E-state index in [9.17, 15) is 9.59 Å². The van der Waals surface area contributed by atoms with Crippen LogP contribution in [0.4, 0.5) is 0 Å². The molecule has 2 aliphatic carbocycles. The summed E-state index contributed by atoms with van der Waals surface area (Å²) in [7, 11) is 5.19. The van der Waals surface area contributed by atoms with Crippen molar-refractivity contribution >= 4 is 41.8 Å². The van der Waals surface area contributed by atoms with Crippen molar-refractivity contribution in [3.8, 4) is 0 Å². The van der Waals surface area contributed by atoms with Gasteiger partial charge in [-0.25, -0.2) is 4.99 Å². The van der Waals surface area contributed by atoms with Crippen molar-refractivity contribution in [3.05, 3.63) is 0 Å². The van der Waals surface area contributed by atoms with Gasteiger partial charge in [-0.15, -0.1) is 24.0 Å². The highest BCUT2D eigenvalue weighted by atomic mass is 127. The van der Waals surface area contributed by atoms with Gasteiger partial charge in [-0.3, -0.25) is 9.59 Å². The molecular weight excluding hydrogens is 445 g/mol. The molecule has 0 aliphatic heterocycles. The third-order valence-corrected chi connectivity index (χ3v) is 5.25. The topological polar surface area (TPSA) is 85.8 Å². The Morgan fingerprint density at radius 3 is 2.00 bits per heavy atom. The van der Waals surface area contributed by atoms with Gasteiger partial charge in [-0.1, -0.05) is 12.8 Å². The van der Waals surface area contributed by atoms with Gasteiger partial charge in [0.2, 0.25) is 11.8 Å². The number of nitrogens with zero attached hydrogens (tertiary/aromatic N) is 2. The van der Waals surface area contributed by atoms with Crippen LogP contribution in [0.25, 0.3) is 0 Å². The Hall–Kier alpha value is -1.06. The molecule has 2 saturated carbocycles. The summed E-state index contributed by atoms with van der Waals surface area (Å²) in [4.78, 5) is 29.7. The minimum absolute atomic E-state index is 0. The van der Waals surface area contributed by atoms with E-state index in [1.807, 2.05) is 0 Å². The molecule has 0 atom stereocenters. The summed E-state index contributed by atoms with van der Waals surface area (Å²) < 4.78 is 0. The third-order valence-electron chi connectivity index (χ3n) is 5.25. The Morgan fingerprint density at radius 1 is 0.962 bits per heavy atom. The molecule has 0 spiro atoms. The van der Waals surface area contributed by atoms with Gasteiger partial charge in [0.15, 0.2) is 5.96 Å². The Kier molecular flexibility index (Phi) is 10.3. The highest BCUT2D eigenvalue weighted by molar-refractivity contribution is 14.0. The van der Waals surface area contributed by atoms with Crippen LogP contribution in [0.2, 0.25) is 0 Å². The van der Waals surface area contributed by atoms with Gasteiger partial charge in [-0.2, -0.15) is 0 Å². The summed E-state index contributed by atoms with van der Waals surface area (Å²) in [6.45, 7) is 0.155. The lowest BCUT2D eigenvalue weighted by Crippen LogP contribution is -2.48. The molecule has 0 aromatic heterocycles. The first kappa shape index (κ1) is 23.0. The van der Waals surface area contributed by atoms with Crippen molar-refractivity contribution in [1.82, 2.24) is 20.9 Å². The maximum atomic E-state index is 11.8. The SMILES string of the molecule is CNC(=O)C1CCC(NC(=NCC(=O)N(C)C)NC2CCCC2)CC1.I. The average Bonchev–Trinajstić information content (AvgIpc) is 3.12. The molecule has 2 aliphatic rings. The van der Waals surface area contributed by atoms with Gasteiger partial charge in [0.25, 0.3) is 0 Å². The lowest BCUT2D eigenvalue weighted by Gasteiger charge is -2.30. The van der Waals surface area contributed by atoms with E-state index in [4.69, 9.17) is 0 Å². The molecular formula is C18H34IN5O2. The molecule has 26 heavy (non-hydrogen) atoms. The fraction of sp³-hybridized carbons (Fsp3) is 0.833. The van der Waals surface area contributed by atoms with Crippen LogP contribution in [0.3, 0.4) is 0 Å². The zero-order valence-electron chi connectivity index (χ0n) is 16.2. The summed E-state index contributed by atoms with van der Waals surface area (Å²) >= 11 is 0. The molecule has 0 radical (unpaired) electrons. The Bertz CT molecular complexity index is 484. The standard InChI is InChI=1S/C18H33N5O2.HI/c1-19-17(25)13-8-10-15(11-9-13)22-18(20-12-16(24)23(2)3)21-14-6-4-5-7-14;/h13-15H,4-12H2,1-3H3,(H,19,25)(H2,20,21,22);1H. The van der Waals surface area contributed by atoms with Crippen LogP contribution >= 0.6 is 24.0 Å². The van der Waals surface area contributed by atoms with Gasteiger partial charge in [0.1, 0.15) is 6.54 Å². The van der Waals surface area contributed by atoms with Crippen molar-refractivity contribution in [2.75, 3.05) is 27.7 Å². The number of amides is 2. The second-order valence-corrected chi connectivity index (χ2v) is 7.39. The number of hydrogen-bond acceptors (Lipinski definition) is 3. The first-order chi connectivity index (χ1) is 12.0. The predicted octanol–water partition coefficient (Wildman–Crippen LogP) is 1.48. The number of aliphatic imine (C=N–C) groups is 1. The third kappa shape index (κ3) is 7.28. The minimum Gasteiger partial charge on any atom is -0.359 e. The normalized spacial score (nSPS) is 23.7. The smallest absolute Gasteiger partial charge is 0.243 e. The summed E-state index contributed by atoms with van der Waals surface area (Å²) in [6.07, 6.45) is 8.50. The van der Waals surface area contributed by atoms with Crippen molar-refractivity contribution in [2.24, 2.45) is 10.9 Å². The zero-order chi connectivity index (χ0) is 18.2. The van der Waals surface area contributed by atoms with Gasteiger partial charge in [0.05, 0.1) is 0 Å². The monoisotopic (exact) mass is 479 g/mol. The number of carbonyl (C=O) groups excluding carboxylic acids is 2. The maximum absolute atomic E-state index is 11.8. The molecule has 150 valence electrons. The molecule has 0 saturated heterocycles. The van der Waals surface area contributed by atoms with Crippen LogP contribution in [0.1, 0.15) is 51.4 Å². The largest absolute Gasteiger partial charge is 0.359 e. The van der Waals surface area contributed by atoms with E-state index in [1.165, 1.54) is 12.8 Å². The molecule has 0 unspecified atom stereocenters. The molecule has 2 fully saturated rings. The second kappa shape index (κ2) is 11.6. The number of likely N-dealkylation sites (N-methyl/N-ethyl adjacent to an activating group) is 1. The van der Waals surface area contributed by atoms with Gasteiger partial charge < -0.3 is 20.9 Å². The molecule has 0 aromatic rings. The quantitative estimate of drug-likeness (QED) is 0.317. The summed E-state index contributed by atoms with van der Waals surface area (Å²) in [5.41, 5.74) is 0. The fourth-order valence-electron chi connectivity index (χ4n) is 3.58. The van der Waals surface area contributed by atoms with E-state index in [1.54, 1.807) is 26.0 Å². The highest BCUT2D eigenvalue weighted by Gasteiger charge is 2.26. The second-order valence-electron chi connectivity index (χ2n) is 7.39.